The van der Waals surface area contributed by atoms with Crippen LogP contribution in [0.2, 0.25) is 5.02 Å². The molecule has 2 aromatic rings. The van der Waals surface area contributed by atoms with Gasteiger partial charge in [0, 0.05) is 24.2 Å². The second kappa shape index (κ2) is 8.61. The van der Waals surface area contributed by atoms with Gasteiger partial charge in [-0.05, 0) is 30.3 Å². The Morgan fingerprint density at radius 2 is 1.68 bits per heavy atom. The van der Waals surface area contributed by atoms with Gasteiger partial charge < -0.3 is 0 Å². The molecule has 0 bridgehead atoms. The summed E-state index contributed by atoms with van der Waals surface area (Å²) >= 11 is 5.90. The minimum absolute atomic E-state index is 0.0325. The Balaban J connectivity index is 2.33. The van der Waals surface area contributed by atoms with E-state index in [2.05, 4.69) is 20.3 Å². The van der Waals surface area contributed by atoms with Crippen LogP contribution in [0, 0.1) is 0 Å². The maximum atomic E-state index is 12.7. The van der Waals surface area contributed by atoms with Crippen molar-refractivity contribution >= 4 is 29.1 Å². The minimum atomic E-state index is -4.61. The number of aromatic nitrogens is 1. The van der Waals surface area contributed by atoms with E-state index in [4.69, 9.17) is 11.6 Å². The molecule has 0 saturated carbocycles. The van der Waals surface area contributed by atoms with Gasteiger partial charge in [-0.1, -0.05) is 11.6 Å². The molecule has 0 amide bonds. The Kier molecular flexibility index (Phi) is 6.68. The van der Waals surface area contributed by atoms with Crippen molar-refractivity contribution < 1.29 is 31.2 Å². The zero-order valence-electron chi connectivity index (χ0n) is 14.1. The van der Waals surface area contributed by atoms with Crippen molar-refractivity contribution in [1.82, 2.24) is 10.5 Å². The second-order valence-electron chi connectivity index (χ2n) is 5.28. The normalized spacial score (nSPS) is 13.2. The van der Waals surface area contributed by atoms with E-state index in [-0.39, 0.29) is 22.0 Å². The van der Waals surface area contributed by atoms with Crippen molar-refractivity contribution in [2.45, 2.75) is 12.4 Å². The van der Waals surface area contributed by atoms with Crippen molar-refractivity contribution in [1.29, 1.82) is 0 Å². The number of alkyl halides is 6. The molecule has 0 saturated heterocycles. The molecule has 1 aromatic carbocycles. The molecule has 0 radical (unpaired) electrons. The van der Waals surface area contributed by atoms with E-state index in [1.165, 1.54) is 19.5 Å². The summed E-state index contributed by atoms with van der Waals surface area (Å²) in [6.07, 6.45) is -6.08. The first-order chi connectivity index (χ1) is 13.0. The number of hydrogen-bond donors (Lipinski definition) is 1. The Hall–Kier alpha value is -2.59. The lowest BCUT2D eigenvalue weighted by atomic mass is 10.1. The highest BCUT2D eigenvalue weighted by Gasteiger charge is 2.32. The monoisotopic (exact) mass is 423 g/mol. The topological polar surface area (TPSA) is 46.5 Å². The van der Waals surface area contributed by atoms with Gasteiger partial charge in [0.15, 0.2) is 0 Å². The summed E-state index contributed by atoms with van der Waals surface area (Å²) < 4.78 is 76.0. The summed E-state index contributed by atoms with van der Waals surface area (Å²) in [4.78, 5) is 12.3. The molecule has 0 atom stereocenters. The highest BCUT2D eigenvalue weighted by atomic mass is 35.5. The third-order valence-electron chi connectivity index (χ3n) is 3.32. The zero-order chi connectivity index (χ0) is 20.9. The van der Waals surface area contributed by atoms with Gasteiger partial charge in [0.1, 0.15) is 0 Å². The van der Waals surface area contributed by atoms with E-state index in [0.29, 0.717) is 12.3 Å². The minimum Gasteiger partial charge on any atom is -0.280 e. The lowest BCUT2D eigenvalue weighted by Gasteiger charge is -2.10. The molecule has 1 heterocycles. The van der Waals surface area contributed by atoms with Crippen LogP contribution in [0.3, 0.4) is 0 Å². The number of nitrogens with zero attached hydrogens (tertiary/aromatic N) is 2. The van der Waals surface area contributed by atoms with Gasteiger partial charge in [-0.3, -0.25) is 20.3 Å². The number of benzene rings is 1. The maximum Gasteiger partial charge on any atom is 0.417 e. The van der Waals surface area contributed by atoms with Crippen molar-refractivity contribution in [2.24, 2.45) is 4.99 Å². The van der Waals surface area contributed by atoms with E-state index in [9.17, 15) is 26.3 Å². The van der Waals surface area contributed by atoms with Gasteiger partial charge in [0.25, 0.3) is 0 Å². The Morgan fingerprint density at radius 1 is 1.07 bits per heavy atom. The van der Waals surface area contributed by atoms with Crippen molar-refractivity contribution in [3.63, 3.8) is 0 Å². The maximum absolute atomic E-state index is 12.7. The zero-order valence-corrected chi connectivity index (χ0v) is 14.8. The van der Waals surface area contributed by atoms with E-state index in [1.807, 2.05) is 0 Å². The van der Waals surface area contributed by atoms with Crippen LogP contribution in [0.5, 0.6) is 0 Å². The average molecular weight is 424 g/mol. The summed E-state index contributed by atoms with van der Waals surface area (Å²) in [6, 6.07) is 4.70. The Morgan fingerprint density at radius 3 is 2.18 bits per heavy atom. The Bertz CT molecular complexity index is 876. The molecule has 11 heteroatoms. The number of nitrogens with one attached hydrogen (secondary N) is 1. The second-order valence-corrected chi connectivity index (χ2v) is 5.68. The first-order valence-electron chi connectivity index (χ1n) is 7.45. The summed E-state index contributed by atoms with van der Waals surface area (Å²) in [5.41, 5.74) is 0.783. The van der Waals surface area contributed by atoms with Crippen LogP contribution in [0.15, 0.2) is 47.7 Å². The fraction of sp³-hybridized carbons (Fsp3) is 0.176. The molecular weight excluding hydrogens is 412 g/mol. The summed E-state index contributed by atoms with van der Waals surface area (Å²) in [5, 5.41) is -0.294. The molecule has 1 aromatic heterocycles. The number of hydrogen-bond acceptors (Lipinski definition) is 4. The number of aliphatic imine (C=N–C) groups is 1. The third kappa shape index (κ3) is 5.70. The summed E-state index contributed by atoms with van der Waals surface area (Å²) in [7, 11) is 1.29. The molecule has 4 nitrogen and oxygen atoms in total. The standard InChI is InChI=1S/C17H12ClF6N3O/c1-28-27-8-10(15-14(18)6-12(9-26-15)17(22,23)24)7-25-13-4-2-11(3-5-13)16(19,20)21/h2-9,27H,1H3/b10-8+,25-7?. The van der Waals surface area contributed by atoms with Crippen LogP contribution in [0.25, 0.3) is 5.57 Å². The lowest BCUT2D eigenvalue weighted by molar-refractivity contribution is -0.138. The van der Waals surface area contributed by atoms with E-state index >= 15 is 0 Å². The van der Waals surface area contributed by atoms with E-state index in [0.717, 1.165) is 24.3 Å². The molecule has 1 N–H and O–H groups in total. The first kappa shape index (κ1) is 21.7. The SMILES string of the molecule is CON/C=C(\C=Nc1ccc(C(F)(F)F)cc1)c1ncc(C(F)(F)F)cc1Cl. The Labute approximate surface area is 160 Å². The predicted molar refractivity (Wildman–Crippen MR) is 92.0 cm³/mol. The van der Waals surface area contributed by atoms with Gasteiger partial charge in [-0.2, -0.15) is 26.3 Å². The fourth-order valence-electron chi connectivity index (χ4n) is 1.98. The van der Waals surface area contributed by atoms with Crippen molar-refractivity contribution in [3.05, 3.63) is 64.6 Å². The van der Waals surface area contributed by atoms with Gasteiger partial charge in [-0.15, -0.1) is 0 Å². The lowest BCUT2D eigenvalue weighted by Crippen LogP contribution is -2.08. The van der Waals surface area contributed by atoms with Crippen LogP contribution in [-0.4, -0.2) is 18.3 Å². The molecule has 0 unspecified atom stereocenters. The molecular formula is C17H12ClF6N3O. The molecule has 0 fully saturated rings. The third-order valence-corrected chi connectivity index (χ3v) is 3.61. The molecule has 150 valence electrons. The average Bonchev–Trinajstić information content (AvgIpc) is 2.61. The van der Waals surface area contributed by atoms with Gasteiger partial charge in [-0.25, -0.2) is 0 Å². The number of pyridine rings is 1. The smallest absolute Gasteiger partial charge is 0.280 e. The quantitative estimate of drug-likeness (QED) is 0.383. The van der Waals surface area contributed by atoms with Crippen LogP contribution in [0.1, 0.15) is 16.8 Å². The van der Waals surface area contributed by atoms with Crippen LogP contribution >= 0.6 is 11.6 Å². The van der Waals surface area contributed by atoms with Gasteiger partial charge in [0.2, 0.25) is 0 Å². The molecule has 28 heavy (non-hydrogen) atoms. The first-order valence-corrected chi connectivity index (χ1v) is 7.83. The van der Waals surface area contributed by atoms with Crippen LogP contribution in [-0.2, 0) is 17.2 Å². The molecule has 0 aliphatic carbocycles. The summed E-state index contributed by atoms with van der Waals surface area (Å²) in [6.45, 7) is 0. The van der Waals surface area contributed by atoms with Crippen LogP contribution in [0.4, 0.5) is 32.0 Å². The number of rotatable bonds is 5. The largest absolute Gasteiger partial charge is 0.417 e. The molecule has 0 aliphatic rings. The number of hydroxylamine groups is 1. The molecule has 0 spiro atoms. The highest BCUT2D eigenvalue weighted by Crippen LogP contribution is 2.33. The summed E-state index contributed by atoms with van der Waals surface area (Å²) in [5.74, 6) is 0. The molecule has 2 rings (SSSR count). The van der Waals surface area contributed by atoms with Crippen LogP contribution < -0.4 is 5.48 Å². The van der Waals surface area contributed by atoms with E-state index in [1.54, 1.807) is 0 Å². The molecule has 0 aliphatic heterocycles. The predicted octanol–water partition coefficient (Wildman–Crippen LogP) is 5.67. The van der Waals surface area contributed by atoms with Gasteiger partial charge in [0.05, 0.1) is 34.6 Å². The number of allylic oxidation sites excluding steroid dienone is 1. The van der Waals surface area contributed by atoms with Crippen molar-refractivity contribution in [3.8, 4) is 0 Å². The highest BCUT2D eigenvalue weighted by molar-refractivity contribution is 6.33. The number of halogens is 7. The van der Waals surface area contributed by atoms with E-state index < -0.39 is 23.5 Å². The van der Waals surface area contributed by atoms with Crippen molar-refractivity contribution in [2.75, 3.05) is 7.11 Å². The van der Waals surface area contributed by atoms with Gasteiger partial charge >= 0.3 is 12.4 Å². The fourth-order valence-corrected chi connectivity index (χ4v) is 2.25.